The van der Waals surface area contributed by atoms with Crippen LogP contribution >= 0.6 is 0 Å². The first-order valence-electron chi connectivity index (χ1n) is 19.5. The Balaban J connectivity index is 0.990. The van der Waals surface area contributed by atoms with Gasteiger partial charge in [-0.2, -0.15) is 0 Å². The summed E-state index contributed by atoms with van der Waals surface area (Å²) in [6, 6.07) is 6.83. The van der Waals surface area contributed by atoms with Crippen LogP contribution < -0.4 is 0 Å². The third-order valence-electron chi connectivity index (χ3n) is 15.1. The van der Waals surface area contributed by atoms with Gasteiger partial charge in [0, 0.05) is 45.1 Å². The van der Waals surface area contributed by atoms with Crippen molar-refractivity contribution in [2.24, 2.45) is 40.4 Å². The van der Waals surface area contributed by atoms with Gasteiger partial charge < -0.3 is 0 Å². The Bertz CT molecular complexity index is 1680. The molecule has 48 heavy (non-hydrogen) atoms. The second kappa shape index (κ2) is 11.0. The molecule has 2 aliphatic heterocycles. The smallest absolute Gasteiger partial charge is 0.261 e. The first-order valence-corrected chi connectivity index (χ1v) is 19.5. The van der Waals surface area contributed by atoms with Gasteiger partial charge in [0.15, 0.2) is 0 Å². The second-order valence-corrected chi connectivity index (χ2v) is 17.8. The summed E-state index contributed by atoms with van der Waals surface area (Å²) in [5, 5.41) is 1.02. The molecule has 5 saturated carbocycles. The lowest BCUT2D eigenvalue weighted by molar-refractivity contribution is 0.00111. The van der Waals surface area contributed by atoms with Crippen molar-refractivity contribution in [3.8, 4) is 0 Å². The molecule has 2 heterocycles. The van der Waals surface area contributed by atoms with Crippen molar-refractivity contribution < 1.29 is 19.2 Å². The summed E-state index contributed by atoms with van der Waals surface area (Å²) in [5.74, 6) is 2.81. The highest BCUT2D eigenvalue weighted by atomic mass is 16.2. The van der Waals surface area contributed by atoms with Gasteiger partial charge in [-0.1, -0.05) is 46.5 Å². The molecule has 0 spiro atoms. The van der Waals surface area contributed by atoms with Gasteiger partial charge in [-0.3, -0.25) is 29.0 Å². The van der Waals surface area contributed by atoms with Crippen LogP contribution in [0.25, 0.3) is 10.8 Å². The molecule has 3 bridgehead atoms. The summed E-state index contributed by atoms with van der Waals surface area (Å²) < 4.78 is 0. The average Bonchev–Trinajstić information content (AvgIpc) is 3.75. The number of benzene rings is 2. The molecular weight excluding hydrogens is 596 g/mol. The standard InChI is InChI=1S/C42H52N2O4/c1-4-6-24(5-2)20-41(3)16-15-30(23-41)44-39(47)33-13-11-31-35-32(12-14-34(36(33)35)40(44)48)38(46)43(37(31)45)29-10-9-28(19-29)42-21-25-7-8-27(42)18-26(17-25)22-42/h11-14,24-30H,4-10,15-23H2,1-3H3/t24?,25?,26?,27?,28-,29?,30?,41+,42+/m0/s1. The minimum atomic E-state index is -0.275. The summed E-state index contributed by atoms with van der Waals surface area (Å²) in [7, 11) is 0. The van der Waals surface area contributed by atoms with Crippen molar-refractivity contribution in [3.63, 3.8) is 0 Å². The molecule has 9 atom stereocenters. The highest BCUT2D eigenvalue weighted by molar-refractivity contribution is 6.33. The van der Waals surface area contributed by atoms with Crippen LogP contribution in [0.4, 0.5) is 0 Å². The van der Waals surface area contributed by atoms with Gasteiger partial charge in [0.25, 0.3) is 23.6 Å². The highest BCUT2D eigenvalue weighted by Gasteiger charge is 2.59. The van der Waals surface area contributed by atoms with E-state index in [0.717, 1.165) is 69.1 Å². The van der Waals surface area contributed by atoms with Crippen molar-refractivity contribution in [2.75, 3.05) is 0 Å². The Kier molecular flexibility index (Phi) is 7.10. The molecule has 4 amide bonds. The predicted octanol–water partition coefficient (Wildman–Crippen LogP) is 9.19. The molecule has 5 aliphatic carbocycles. The van der Waals surface area contributed by atoms with E-state index in [4.69, 9.17) is 0 Å². The number of carbonyl (C=O) groups is 4. The zero-order valence-electron chi connectivity index (χ0n) is 29.2. The highest BCUT2D eigenvalue weighted by Crippen LogP contribution is 2.67. The number of carbonyl (C=O) groups excluding carboxylic acids is 4. The van der Waals surface area contributed by atoms with Crippen LogP contribution in [0.3, 0.4) is 0 Å². The zero-order chi connectivity index (χ0) is 33.1. The molecular formula is C42H52N2O4. The van der Waals surface area contributed by atoms with Gasteiger partial charge in [-0.25, -0.2) is 0 Å². The number of rotatable bonds is 8. The van der Waals surface area contributed by atoms with E-state index < -0.39 is 0 Å². The zero-order valence-corrected chi connectivity index (χ0v) is 29.2. The van der Waals surface area contributed by atoms with Gasteiger partial charge in [0.05, 0.1) is 0 Å². The van der Waals surface area contributed by atoms with Gasteiger partial charge in [-0.05, 0) is 142 Å². The minimum Gasteiger partial charge on any atom is -0.271 e. The fraction of sp³-hybridized carbons (Fsp3) is 0.667. The molecule has 6 heteroatoms. The Morgan fingerprint density at radius 1 is 0.667 bits per heavy atom. The summed E-state index contributed by atoms with van der Waals surface area (Å²) >= 11 is 0. The van der Waals surface area contributed by atoms with E-state index in [-0.39, 0.29) is 41.1 Å². The molecule has 9 rings (SSSR count). The fourth-order valence-electron chi connectivity index (χ4n) is 13.2. The maximum atomic E-state index is 14.3. The third-order valence-corrected chi connectivity index (χ3v) is 15.1. The molecule has 6 unspecified atom stereocenters. The average molecular weight is 649 g/mol. The van der Waals surface area contributed by atoms with Crippen LogP contribution in [0.2, 0.25) is 0 Å². The lowest BCUT2D eigenvalue weighted by Gasteiger charge is -2.49. The molecule has 254 valence electrons. The van der Waals surface area contributed by atoms with Gasteiger partial charge >= 0.3 is 0 Å². The Morgan fingerprint density at radius 2 is 1.23 bits per heavy atom. The molecule has 2 aromatic rings. The minimum absolute atomic E-state index is 0.0839. The van der Waals surface area contributed by atoms with E-state index in [0.29, 0.717) is 50.3 Å². The monoisotopic (exact) mass is 648 g/mol. The van der Waals surface area contributed by atoms with Crippen molar-refractivity contribution >= 4 is 34.4 Å². The summed E-state index contributed by atoms with van der Waals surface area (Å²) in [6.45, 7) is 6.85. The number of hydrogen-bond donors (Lipinski definition) is 0. The van der Waals surface area contributed by atoms with E-state index in [1.54, 1.807) is 29.2 Å². The second-order valence-electron chi connectivity index (χ2n) is 17.8. The quantitative estimate of drug-likeness (QED) is 0.268. The van der Waals surface area contributed by atoms with E-state index in [1.165, 1.54) is 56.3 Å². The van der Waals surface area contributed by atoms with Crippen LogP contribution in [0.15, 0.2) is 24.3 Å². The molecule has 6 nitrogen and oxygen atoms in total. The van der Waals surface area contributed by atoms with Gasteiger partial charge in [0.2, 0.25) is 0 Å². The molecule has 0 radical (unpaired) electrons. The third kappa shape index (κ3) is 4.35. The largest absolute Gasteiger partial charge is 0.271 e. The number of imide groups is 2. The van der Waals surface area contributed by atoms with Crippen molar-refractivity contribution in [1.82, 2.24) is 9.80 Å². The molecule has 0 aromatic heterocycles. The maximum absolute atomic E-state index is 14.3. The number of hydrogen-bond acceptors (Lipinski definition) is 4. The number of fused-ring (bicyclic) bond motifs is 2. The lowest BCUT2D eigenvalue weighted by Crippen LogP contribution is -2.49. The fourth-order valence-corrected chi connectivity index (χ4v) is 13.2. The van der Waals surface area contributed by atoms with Crippen LogP contribution in [0.5, 0.6) is 0 Å². The first-order chi connectivity index (χ1) is 23.1. The topological polar surface area (TPSA) is 74.8 Å². The Hall–Kier alpha value is -3.02. The van der Waals surface area contributed by atoms with Crippen molar-refractivity contribution in [1.29, 1.82) is 0 Å². The molecule has 7 aliphatic rings. The first kappa shape index (κ1) is 31.0. The summed E-state index contributed by atoms with van der Waals surface area (Å²) in [5.41, 5.74) is 2.38. The van der Waals surface area contributed by atoms with Crippen LogP contribution in [0, 0.1) is 40.4 Å². The van der Waals surface area contributed by atoms with E-state index in [1.807, 2.05) is 0 Å². The summed E-state index contributed by atoms with van der Waals surface area (Å²) in [6.07, 6.45) is 18.6. The SMILES string of the molecule is CCCC(CC)C[C@@]1(C)CCC(N2C(=O)c3ccc4c5c(ccc(c35)C2=O)C(=O)N(C2CC[C@H]([C@@]35CC6CCC3CC(C6)C5)C2)C4=O)C1. The Morgan fingerprint density at radius 3 is 1.83 bits per heavy atom. The molecule has 5 fully saturated rings. The predicted molar refractivity (Wildman–Crippen MR) is 186 cm³/mol. The van der Waals surface area contributed by atoms with Crippen LogP contribution in [-0.4, -0.2) is 45.5 Å². The van der Waals surface area contributed by atoms with E-state index in [9.17, 15) is 19.2 Å². The Labute approximate surface area is 285 Å². The van der Waals surface area contributed by atoms with E-state index >= 15 is 0 Å². The molecule has 0 saturated heterocycles. The number of amides is 4. The lowest BCUT2D eigenvalue weighted by atomic mass is 9.56. The van der Waals surface area contributed by atoms with Crippen molar-refractivity contribution in [3.05, 3.63) is 46.5 Å². The van der Waals surface area contributed by atoms with Crippen molar-refractivity contribution in [2.45, 2.75) is 136 Å². The summed E-state index contributed by atoms with van der Waals surface area (Å²) in [4.78, 5) is 60.0. The maximum Gasteiger partial charge on any atom is 0.261 e. The number of nitrogens with zero attached hydrogens (tertiary/aromatic N) is 2. The van der Waals surface area contributed by atoms with Gasteiger partial charge in [0.1, 0.15) is 0 Å². The van der Waals surface area contributed by atoms with E-state index in [2.05, 4.69) is 20.8 Å². The van der Waals surface area contributed by atoms with Gasteiger partial charge in [-0.15, -0.1) is 0 Å². The molecule has 0 N–H and O–H groups in total. The van der Waals surface area contributed by atoms with Crippen LogP contribution in [-0.2, 0) is 0 Å². The van der Waals surface area contributed by atoms with Crippen LogP contribution in [0.1, 0.15) is 165 Å². The normalized spacial score (nSPS) is 37.4. The molecule has 2 aromatic carbocycles.